The number of nitrogens with one attached hydrogen (secondary N) is 1. The minimum atomic E-state index is -0.0174. The van der Waals surface area contributed by atoms with Gasteiger partial charge in [0.2, 0.25) is 5.82 Å². The van der Waals surface area contributed by atoms with Crippen molar-refractivity contribution in [1.82, 2.24) is 29.8 Å². The summed E-state index contributed by atoms with van der Waals surface area (Å²) in [7, 11) is 0. The fourth-order valence-corrected chi connectivity index (χ4v) is 4.10. The number of hydrogen-bond donors (Lipinski definition) is 1. The summed E-state index contributed by atoms with van der Waals surface area (Å²) in [6.45, 7) is 2.66. The average molecular weight is 437 g/mol. The van der Waals surface area contributed by atoms with Crippen LogP contribution in [0.25, 0.3) is 28.2 Å². The third kappa shape index (κ3) is 4.13. The maximum Gasteiger partial charge on any atom is 0.333 e. The highest BCUT2D eigenvalue weighted by atomic mass is 16.1. The largest absolute Gasteiger partial charge is 0.333 e. The lowest BCUT2D eigenvalue weighted by Gasteiger charge is -2.10. The molecule has 5 aromatic rings. The van der Waals surface area contributed by atoms with Crippen molar-refractivity contribution in [3.63, 3.8) is 0 Å². The number of rotatable bonds is 7. The first-order valence-electron chi connectivity index (χ1n) is 11.0. The van der Waals surface area contributed by atoms with Crippen LogP contribution >= 0.6 is 0 Å². The summed E-state index contributed by atoms with van der Waals surface area (Å²) < 4.78 is 3.61. The van der Waals surface area contributed by atoms with E-state index in [0.717, 1.165) is 46.5 Å². The molecule has 7 nitrogen and oxygen atoms in total. The van der Waals surface area contributed by atoms with Crippen LogP contribution < -0.4 is 5.69 Å². The molecule has 0 radical (unpaired) electrons. The van der Waals surface area contributed by atoms with E-state index in [-0.39, 0.29) is 5.69 Å². The van der Waals surface area contributed by atoms with Gasteiger partial charge in [0.15, 0.2) is 0 Å². The molecule has 2 heterocycles. The van der Waals surface area contributed by atoms with Crippen LogP contribution in [0, 0.1) is 0 Å². The molecular formula is C26H24N6O. The highest BCUT2D eigenvalue weighted by Gasteiger charge is 2.14. The van der Waals surface area contributed by atoms with Gasteiger partial charge in [0.1, 0.15) is 0 Å². The summed E-state index contributed by atoms with van der Waals surface area (Å²) in [5, 5.41) is 14.4. The number of tetrazole rings is 1. The predicted molar refractivity (Wildman–Crippen MR) is 128 cm³/mol. The second-order valence-corrected chi connectivity index (χ2v) is 7.92. The zero-order chi connectivity index (χ0) is 22.6. The Bertz CT molecular complexity index is 1400. The zero-order valence-electron chi connectivity index (χ0n) is 18.3. The summed E-state index contributed by atoms with van der Waals surface area (Å²) in [5.41, 5.74) is 5.98. The molecule has 0 fully saturated rings. The fraction of sp³-hybridized carbons (Fsp3) is 0.154. The Labute approximate surface area is 191 Å². The maximum absolute atomic E-state index is 13.2. The van der Waals surface area contributed by atoms with Crippen molar-refractivity contribution < 1.29 is 0 Å². The summed E-state index contributed by atoms with van der Waals surface area (Å²) >= 11 is 0. The summed E-state index contributed by atoms with van der Waals surface area (Å²) in [5.74, 6) is 0.563. The lowest BCUT2D eigenvalue weighted by Crippen LogP contribution is -2.24. The Kier molecular flexibility index (Phi) is 5.68. The first kappa shape index (κ1) is 20.6. The molecule has 0 spiro atoms. The van der Waals surface area contributed by atoms with Gasteiger partial charge in [-0.25, -0.2) is 4.79 Å². The van der Waals surface area contributed by atoms with Gasteiger partial charge in [-0.15, -0.1) is 10.2 Å². The van der Waals surface area contributed by atoms with E-state index in [1.165, 1.54) is 0 Å². The molecule has 1 N–H and O–H groups in total. The van der Waals surface area contributed by atoms with E-state index < -0.39 is 0 Å². The minimum absolute atomic E-state index is 0.0174. The summed E-state index contributed by atoms with van der Waals surface area (Å²) in [6.07, 6.45) is 3.80. The second kappa shape index (κ2) is 9.08. The van der Waals surface area contributed by atoms with Gasteiger partial charge in [0.25, 0.3) is 0 Å². The van der Waals surface area contributed by atoms with Gasteiger partial charge in [-0.3, -0.25) is 9.13 Å². The van der Waals surface area contributed by atoms with Crippen molar-refractivity contribution >= 4 is 0 Å². The number of aromatic nitrogens is 6. The Balaban J connectivity index is 1.46. The van der Waals surface area contributed by atoms with Crippen molar-refractivity contribution in [1.29, 1.82) is 0 Å². The maximum atomic E-state index is 13.2. The number of para-hydroxylation sites is 1. The molecule has 5 rings (SSSR count). The molecule has 0 atom stereocenters. The minimum Gasteiger partial charge on any atom is -0.292 e. The SMILES string of the molecule is CCCc1cn(-c2ccccc2)c(=O)n1Cc1ccc(-c2ccccc2-c2nn[nH]n2)cc1. The first-order valence-corrected chi connectivity index (χ1v) is 11.0. The summed E-state index contributed by atoms with van der Waals surface area (Å²) in [4.78, 5) is 13.2. The average Bonchev–Trinajstić information content (AvgIpc) is 3.50. The van der Waals surface area contributed by atoms with Gasteiger partial charge in [0, 0.05) is 17.5 Å². The topological polar surface area (TPSA) is 81.4 Å². The van der Waals surface area contributed by atoms with E-state index in [2.05, 4.69) is 51.8 Å². The monoisotopic (exact) mass is 436 g/mol. The van der Waals surface area contributed by atoms with E-state index >= 15 is 0 Å². The number of aryl methyl sites for hydroxylation is 1. The van der Waals surface area contributed by atoms with Crippen LogP contribution in [0.5, 0.6) is 0 Å². The van der Waals surface area contributed by atoms with E-state index in [0.29, 0.717) is 12.4 Å². The van der Waals surface area contributed by atoms with Crippen molar-refractivity contribution in [2.45, 2.75) is 26.3 Å². The molecule has 0 saturated heterocycles. The van der Waals surface area contributed by atoms with Crippen molar-refractivity contribution in [3.8, 4) is 28.2 Å². The molecule has 0 aliphatic heterocycles. The Morgan fingerprint density at radius 1 is 0.879 bits per heavy atom. The molecule has 0 aliphatic carbocycles. The molecule has 0 bridgehead atoms. The molecule has 33 heavy (non-hydrogen) atoms. The molecule has 0 saturated carbocycles. The predicted octanol–water partition coefficient (Wildman–Crippen LogP) is 4.49. The van der Waals surface area contributed by atoms with Gasteiger partial charge in [-0.05, 0) is 40.5 Å². The third-order valence-electron chi connectivity index (χ3n) is 5.72. The van der Waals surface area contributed by atoms with Crippen LogP contribution in [0.15, 0.2) is 89.9 Å². The fourth-order valence-electron chi connectivity index (χ4n) is 4.10. The zero-order valence-corrected chi connectivity index (χ0v) is 18.3. The van der Waals surface area contributed by atoms with Crippen LogP contribution in [0.4, 0.5) is 0 Å². The van der Waals surface area contributed by atoms with Gasteiger partial charge >= 0.3 is 5.69 Å². The number of hydrogen-bond acceptors (Lipinski definition) is 4. The smallest absolute Gasteiger partial charge is 0.292 e. The molecule has 0 aliphatic rings. The summed E-state index contributed by atoms with van der Waals surface area (Å²) in [6, 6.07) is 26.0. The van der Waals surface area contributed by atoms with E-state index in [4.69, 9.17) is 0 Å². The number of nitrogens with zero attached hydrogens (tertiary/aromatic N) is 5. The van der Waals surface area contributed by atoms with E-state index in [1.54, 1.807) is 4.57 Å². The number of H-pyrrole nitrogens is 1. The molecule has 0 unspecified atom stereocenters. The lowest BCUT2D eigenvalue weighted by molar-refractivity contribution is 0.691. The molecule has 0 amide bonds. The molecule has 7 heteroatoms. The molecule has 3 aromatic carbocycles. The molecule has 164 valence electrons. The van der Waals surface area contributed by atoms with Gasteiger partial charge in [-0.1, -0.05) is 80.1 Å². The molecule has 2 aromatic heterocycles. The number of imidazole rings is 1. The van der Waals surface area contributed by atoms with Crippen molar-refractivity contribution in [3.05, 3.63) is 107 Å². The standard InChI is InChI=1S/C26H24N6O/c1-2-8-22-18-32(21-9-4-3-5-10-21)26(33)31(22)17-19-13-15-20(16-14-19)23-11-6-7-12-24(23)25-27-29-30-28-25/h3-7,9-16,18H,2,8,17H2,1H3,(H,27,28,29,30). The van der Waals surface area contributed by atoms with Gasteiger partial charge in [0.05, 0.1) is 12.2 Å². The molecular weight excluding hydrogens is 412 g/mol. The lowest BCUT2D eigenvalue weighted by atomic mass is 9.98. The van der Waals surface area contributed by atoms with Gasteiger partial charge < -0.3 is 0 Å². The van der Waals surface area contributed by atoms with Crippen LogP contribution in [0.2, 0.25) is 0 Å². The van der Waals surface area contributed by atoms with Crippen LogP contribution in [-0.4, -0.2) is 29.8 Å². The Morgan fingerprint density at radius 2 is 1.61 bits per heavy atom. The first-order chi connectivity index (χ1) is 16.2. The number of aromatic amines is 1. The third-order valence-corrected chi connectivity index (χ3v) is 5.72. The normalized spacial score (nSPS) is 11.1. The highest BCUT2D eigenvalue weighted by molar-refractivity contribution is 5.80. The van der Waals surface area contributed by atoms with Crippen LogP contribution in [-0.2, 0) is 13.0 Å². The quantitative estimate of drug-likeness (QED) is 0.408. The van der Waals surface area contributed by atoms with E-state index in [1.807, 2.05) is 65.4 Å². The van der Waals surface area contributed by atoms with Crippen LogP contribution in [0.3, 0.4) is 0 Å². The number of benzene rings is 3. The van der Waals surface area contributed by atoms with E-state index in [9.17, 15) is 4.79 Å². The Morgan fingerprint density at radius 3 is 2.30 bits per heavy atom. The van der Waals surface area contributed by atoms with Crippen LogP contribution in [0.1, 0.15) is 24.6 Å². The van der Waals surface area contributed by atoms with Crippen molar-refractivity contribution in [2.24, 2.45) is 0 Å². The highest BCUT2D eigenvalue weighted by Crippen LogP contribution is 2.29. The van der Waals surface area contributed by atoms with Gasteiger partial charge in [-0.2, -0.15) is 5.21 Å². The Hall–Kier alpha value is -4.26. The second-order valence-electron chi connectivity index (χ2n) is 7.92. The van der Waals surface area contributed by atoms with Crippen molar-refractivity contribution in [2.75, 3.05) is 0 Å².